The van der Waals surface area contributed by atoms with Crippen molar-refractivity contribution < 1.29 is 0 Å². The molecule has 0 heteroatoms. The summed E-state index contributed by atoms with van der Waals surface area (Å²) in [6.45, 7) is 10.8. The van der Waals surface area contributed by atoms with Crippen molar-refractivity contribution in [3.63, 3.8) is 0 Å². The molecular formula is C10H26. The van der Waals surface area contributed by atoms with Crippen molar-refractivity contribution in [2.24, 2.45) is 5.92 Å². The zero-order chi connectivity index (χ0) is 7.70. The van der Waals surface area contributed by atoms with Crippen LogP contribution in [0.2, 0.25) is 0 Å². The van der Waals surface area contributed by atoms with E-state index in [9.17, 15) is 0 Å². The first-order valence-corrected chi connectivity index (χ1v) is 4.31. The Labute approximate surface area is 68.0 Å². The zero-order valence-corrected chi connectivity index (χ0v) is 7.70. The van der Waals surface area contributed by atoms with E-state index in [-0.39, 0.29) is 7.43 Å². The fourth-order valence-corrected chi connectivity index (χ4v) is 0.697. The molecule has 0 aliphatic carbocycles. The Morgan fingerprint density at radius 3 is 1.60 bits per heavy atom. The molecule has 0 aromatic rings. The maximum atomic E-state index is 2.31. The summed E-state index contributed by atoms with van der Waals surface area (Å²) in [4.78, 5) is 0. The molecule has 0 fully saturated rings. The highest BCUT2D eigenvalue weighted by molar-refractivity contribution is 4.45. The first-order valence-electron chi connectivity index (χ1n) is 4.31. The maximum Gasteiger partial charge on any atom is -0.0446 e. The van der Waals surface area contributed by atoms with Crippen LogP contribution in [0.5, 0.6) is 0 Å². The minimum Gasteiger partial charge on any atom is -0.0776 e. The lowest BCUT2D eigenvalue weighted by Gasteiger charge is -2.02. The van der Waals surface area contributed by atoms with E-state index in [4.69, 9.17) is 0 Å². The van der Waals surface area contributed by atoms with E-state index in [2.05, 4.69) is 20.8 Å². The summed E-state index contributed by atoms with van der Waals surface area (Å²) >= 11 is 0. The third kappa shape index (κ3) is 15.7. The Morgan fingerprint density at radius 2 is 1.50 bits per heavy atom. The van der Waals surface area contributed by atoms with E-state index in [0.717, 1.165) is 5.92 Å². The number of hydrogen-bond acceptors (Lipinski definition) is 0. The van der Waals surface area contributed by atoms with Crippen LogP contribution < -0.4 is 0 Å². The number of rotatable bonds is 3. The SMILES string of the molecule is C.CC.CCC[C@@H](C)CC. The zero-order valence-electron chi connectivity index (χ0n) is 7.70. The second-order valence-corrected chi connectivity index (χ2v) is 2.30. The smallest absolute Gasteiger partial charge is 0.0446 e. The van der Waals surface area contributed by atoms with Gasteiger partial charge in [0, 0.05) is 0 Å². The predicted molar refractivity (Wildman–Crippen MR) is 52.4 cm³/mol. The van der Waals surface area contributed by atoms with Crippen molar-refractivity contribution in [3.05, 3.63) is 0 Å². The van der Waals surface area contributed by atoms with E-state index >= 15 is 0 Å². The van der Waals surface area contributed by atoms with Crippen molar-refractivity contribution in [2.45, 2.75) is 61.3 Å². The van der Waals surface area contributed by atoms with Crippen molar-refractivity contribution >= 4 is 0 Å². The van der Waals surface area contributed by atoms with Gasteiger partial charge in [-0.25, -0.2) is 0 Å². The van der Waals surface area contributed by atoms with E-state index in [1.807, 2.05) is 13.8 Å². The van der Waals surface area contributed by atoms with Gasteiger partial charge in [0.15, 0.2) is 0 Å². The second kappa shape index (κ2) is 16.0. The summed E-state index contributed by atoms with van der Waals surface area (Å²) in [5.41, 5.74) is 0. The Hall–Kier alpha value is 0. The van der Waals surface area contributed by atoms with Crippen LogP contribution >= 0.6 is 0 Å². The normalized spacial score (nSPS) is 10.5. The molecule has 1 atom stereocenters. The molecule has 0 heterocycles. The average Bonchev–Trinajstić information content (AvgIpc) is 1.93. The second-order valence-electron chi connectivity index (χ2n) is 2.30. The van der Waals surface area contributed by atoms with Crippen LogP contribution in [0.4, 0.5) is 0 Å². The molecule has 0 unspecified atom stereocenters. The molecule has 0 saturated heterocycles. The Balaban J connectivity index is -0.000000149. The van der Waals surface area contributed by atoms with Gasteiger partial charge in [0.2, 0.25) is 0 Å². The van der Waals surface area contributed by atoms with Crippen LogP contribution in [0.3, 0.4) is 0 Å². The third-order valence-corrected chi connectivity index (χ3v) is 1.48. The van der Waals surface area contributed by atoms with Crippen molar-refractivity contribution in [1.29, 1.82) is 0 Å². The van der Waals surface area contributed by atoms with Crippen LogP contribution in [0.25, 0.3) is 0 Å². The van der Waals surface area contributed by atoms with Gasteiger partial charge in [0.25, 0.3) is 0 Å². The van der Waals surface area contributed by atoms with Crippen molar-refractivity contribution in [3.8, 4) is 0 Å². The highest BCUT2D eigenvalue weighted by atomic mass is 14.0. The summed E-state index contributed by atoms with van der Waals surface area (Å²) in [5, 5.41) is 0. The van der Waals surface area contributed by atoms with Crippen molar-refractivity contribution in [1.82, 2.24) is 0 Å². The molecule has 0 rings (SSSR count). The molecular weight excluding hydrogens is 120 g/mol. The van der Waals surface area contributed by atoms with Crippen LogP contribution in [-0.2, 0) is 0 Å². The molecule has 0 aliphatic rings. The van der Waals surface area contributed by atoms with Crippen LogP contribution in [0.1, 0.15) is 61.3 Å². The fourth-order valence-electron chi connectivity index (χ4n) is 0.697. The molecule has 0 spiro atoms. The molecule has 0 aromatic carbocycles. The molecule has 0 aliphatic heterocycles. The molecule has 0 aromatic heterocycles. The van der Waals surface area contributed by atoms with Gasteiger partial charge in [0.05, 0.1) is 0 Å². The highest BCUT2D eigenvalue weighted by Crippen LogP contribution is 2.07. The lowest BCUT2D eigenvalue weighted by atomic mass is 10.0. The minimum absolute atomic E-state index is 0. The lowest BCUT2D eigenvalue weighted by molar-refractivity contribution is 0.509. The van der Waals surface area contributed by atoms with E-state index in [1.165, 1.54) is 19.3 Å². The van der Waals surface area contributed by atoms with Gasteiger partial charge >= 0.3 is 0 Å². The van der Waals surface area contributed by atoms with E-state index in [1.54, 1.807) is 0 Å². The van der Waals surface area contributed by atoms with Crippen LogP contribution in [-0.4, -0.2) is 0 Å². The van der Waals surface area contributed by atoms with E-state index < -0.39 is 0 Å². The maximum absolute atomic E-state index is 2.31. The highest BCUT2D eigenvalue weighted by Gasteiger charge is 1.92. The fraction of sp³-hybridized carbons (Fsp3) is 1.00. The third-order valence-electron chi connectivity index (χ3n) is 1.48. The summed E-state index contributed by atoms with van der Waals surface area (Å²) in [6.07, 6.45) is 4.08. The molecule has 0 saturated carbocycles. The quantitative estimate of drug-likeness (QED) is 0.550. The minimum atomic E-state index is 0. The Bertz CT molecular complexity index is 31.0. The predicted octanol–water partition coefficient (Wildman–Crippen LogP) is 4.49. The summed E-state index contributed by atoms with van der Waals surface area (Å²) in [7, 11) is 0. The molecule has 0 radical (unpaired) electrons. The molecule has 0 N–H and O–H groups in total. The van der Waals surface area contributed by atoms with Gasteiger partial charge < -0.3 is 0 Å². The van der Waals surface area contributed by atoms with Crippen LogP contribution in [0, 0.1) is 5.92 Å². The van der Waals surface area contributed by atoms with E-state index in [0.29, 0.717) is 0 Å². The van der Waals surface area contributed by atoms with Gasteiger partial charge in [-0.1, -0.05) is 61.3 Å². The summed E-state index contributed by atoms with van der Waals surface area (Å²) in [5.74, 6) is 0.949. The first kappa shape index (κ1) is 16.5. The standard InChI is InChI=1S/C7H16.C2H6.CH4/c1-4-6-7(3)5-2;1-2;/h7H,4-6H2,1-3H3;1-2H3;1H4/t7-;;/m0../s1. The van der Waals surface area contributed by atoms with Crippen molar-refractivity contribution in [2.75, 3.05) is 0 Å². The lowest BCUT2D eigenvalue weighted by Crippen LogP contribution is -1.88. The van der Waals surface area contributed by atoms with Gasteiger partial charge in [-0.3, -0.25) is 0 Å². The molecule has 0 amide bonds. The molecule has 0 nitrogen and oxygen atoms in total. The Kier molecular flexibility index (Phi) is 26.4. The van der Waals surface area contributed by atoms with Gasteiger partial charge in [-0.2, -0.15) is 0 Å². The number of hydrogen-bond donors (Lipinski definition) is 0. The van der Waals surface area contributed by atoms with Gasteiger partial charge in [0.1, 0.15) is 0 Å². The monoisotopic (exact) mass is 146 g/mol. The largest absolute Gasteiger partial charge is 0.0776 e. The topological polar surface area (TPSA) is 0 Å². The molecule has 66 valence electrons. The summed E-state index contributed by atoms with van der Waals surface area (Å²) < 4.78 is 0. The average molecular weight is 146 g/mol. The summed E-state index contributed by atoms with van der Waals surface area (Å²) in [6, 6.07) is 0. The first-order chi connectivity index (χ1) is 4.31. The molecule has 10 heavy (non-hydrogen) atoms. The van der Waals surface area contributed by atoms with Gasteiger partial charge in [-0.15, -0.1) is 0 Å². The van der Waals surface area contributed by atoms with Gasteiger partial charge in [-0.05, 0) is 5.92 Å². The molecule has 0 bridgehead atoms. The Morgan fingerprint density at radius 1 is 1.10 bits per heavy atom. The van der Waals surface area contributed by atoms with Crippen LogP contribution in [0.15, 0.2) is 0 Å².